The number of rotatable bonds is 3. The van der Waals surface area contributed by atoms with Crippen molar-refractivity contribution in [3.8, 4) is 0 Å². The SMILES string of the molecule is CC(C)(C)C(=O)Nc1ccc(Nc2cccc(Cl)c2Cl)nn1. The van der Waals surface area contributed by atoms with Crippen molar-refractivity contribution in [1.29, 1.82) is 0 Å². The largest absolute Gasteiger partial charge is 0.337 e. The summed E-state index contributed by atoms with van der Waals surface area (Å²) in [5.74, 6) is 0.765. The number of hydrogen-bond acceptors (Lipinski definition) is 4. The average Bonchev–Trinajstić information content (AvgIpc) is 2.45. The summed E-state index contributed by atoms with van der Waals surface area (Å²) < 4.78 is 0. The lowest BCUT2D eigenvalue weighted by Crippen LogP contribution is -2.28. The van der Waals surface area contributed by atoms with Crippen LogP contribution in [0.25, 0.3) is 0 Å². The molecular weight excluding hydrogens is 323 g/mol. The van der Waals surface area contributed by atoms with Crippen molar-refractivity contribution < 1.29 is 4.79 Å². The van der Waals surface area contributed by atoms with E-state index in [1.54, 1.807) is 30.3 Å². The molecule has 7 heteroatoms. The van der Waals surface area contributed by atoms with Crippen LogP contribution in [0.2, 0.25) is 10.0 Å². The maximum absolute atomic E-state index is 11.9. The molecule has 0 spiro atoms. The number of carbonyl (C=O) groups is 1. The first-order chi connectivity index (χ1) is 10.3. The normalized spacial score (nSPS) is 11.1. The minimum absolute atomic E-state index is 0.125. The molecule has 116 valence electrons. The van der Waals surface area contributed by atoms with E-state index < -0.39 is 5.41 Å². The van der Waals surface area contributed by atoms with Crippen LogP contribution >= 0.6 is 23.2 Å². The molecule has 2 aromatic rings. The fourth-order valence-corrected chi connectivity index (χ4v) is 1.86. The molecule has 0 saturated carbocycles. The van der Waals surface area contributed by atoms with Gasteiger partial charge < -0.3 is 10.6 Å². The third-order valence-electron chi connectivity index (χ3n) is 2.80. The van der Waals surface area contributed by atoms with E-state index in [1.165, 1.54) is 0 Å². The van der Waals surface area contributed by atoms with E-state index in [0.717, 1.165) is 0 Å². The van der Waals surface area contributed by atoms with Gasteiger partial charge in [-0.1, -0.05) is 50.0 Å². The highest BCUT2D eigenvalue weighted by Gasteiger charge is 2.21. The van der Waals surface area contributed by atoms with Gasteiger partial charge in [0.15, 0.2) is 11.6 Å². The van der Waals surface area contributed by atoms with Gasteiger partial charge in [-0.25, -0.2) is 0 Å². The summed E-state index contributed by atoms with van der Waals surface area (Å²) in [7, 11) is 0. The van der Waals surface area contributed by atoms with Gasteiger partial charge in [0.1, 0.15) is 0 Å². The van der Waals surface area contributed by atoms with E-state index in [-0.39, 0.29) is 5.91 Å². The molecule has 22 heavy (non-hydrogen) atoms. The molecule has 0 radical (unpaired) electrons. The Bertz CT molecular complexity index is 681. The van der Waals surface area contributed by atoms with E-state index in [9.17, 15) is 4.79 Å². The maximum Gasteiger partial charge on any atom is 0.230 e. The van der Waals surface area contributed by atoms with Gasteiger partial charge in [0.2, 0.25) is 5.91 Å². The van der Waals surface area contributed by atoms with Crippen molar-refractivity contribution in [2.75, 3.05) is 10.6 Å². The first-order valence-corrected chi connectivity index (χ1v) is 7.39. The summed E-state index contributed by atoms with van der Waals surface area (Å²) in [5.41, 5.74) is 0.141. The van der Waals surface area contributed by atoms with Gasteiger partial charge in [0.05, 0.1) is 15.7 Å². The lowest BCUT2D eigenvalue weighted by Gasteiger charge is -2.16. The van der Waals surface area contributed by atoms with E-state index in [4.69, 9.17) is 23.2 Å². The van der Waals surface area contributed by atoms with Gasteiger partial charge in [-0.05, 0) is 24.3 Å². The van der Waals surface area contributed by atoms with Crippen LogP contribution in [0.4, 0.5) is 17.3 Å². The topological polar surface area (TPSA) is 66.9 Å². The summed E-state index contributed by atoms with van der Waals surface area (Å²) in [6.45, 7) is 5.48. The molecule has 0 unspecified atom stereocenters. The second-order valence-electron chi connectivity index (χ2n) is 5.73. The van der Waals surface area contributed by atoms with E-state index >= 15 is 0 Å². The Labute approximate surface area is 139 Å². The molecule has 2 rings (SSSR count). The van der Waals surface area contributed by atoms with E-state index in [1.807, 2.05) is 20.8 Å². The third-order valence-corrected chi connectivity index (χ3v) is 3.62. The highest BCUT2D eigenvalue weighted by Crippen LogP contribution is 2.31. The first kappa shape index (κ1) is 16.5. The van der Waals surface area contributed by atoms with Gasteiger partial charge in [-0.2, -0.15) is 0 Å². The Hall–Kier alpha value is -1.85. The zero-order valence-corrected chi connectivity index (χ0v) is 14.0. The molecular formula is C15H16Cl2N4O. The smallest absolute Gasteiger partial charge is 0.230 e. The van der Waals surface area contributed by atoms with Crippen LogP contribution in [-0.2, 0) is 4.79 Å². The number of halogens is 2. The molecule has 2 N–H and O–H groups in total. The second-order valence-corrected chi connectivity index (χ2v) is 6.52. The molecule has 0 fully saturated rings. The summed E-state index contributed by atoms with van der Waals surface area (Å²) in [4.78, 5) is 11.9. The van der Waals surface area contributed by atoms with Crippen LogP contribution in [-0.4, -0.2) is 16.1 Å². The van der Waals surface area contributed by atoms with Crippen molar-refractivity contribution in [2.45, 2.75) is 20.8 Å². The first-order valence-electron chi connectivity index (χ1n) is 6.63. The van der Waals surface area contributed by atoms with Gasteiger partial charge in [-0.15, -0.1) is 10.2 Å². The third kappa shape index (κ3) is 4.08. The van der Waals surface area contributed by atoms with Crippen LogP contribution in [0.1, 0.15) is 20.8 Å². The minimum Gasteiger partial charge on any atom is -0.337 e. The molecule has 0 atom stereocenters. The minimum atomic E-state index is -0.493. The Morgan fingerprint density at radius 1 is 1.05 bits per heavy atom. The standard InChI is InChI=1S/C15H16Cl2N4O/c1-15(2,3)14(22)19-12-8-7-11(20-21-12)18-10-6-4-5-9(16)13(10)17/h4-8H,1-3H3,(H,18,20)(H,19,21,22). The average molecular weight is 339 g/mol. The van der Waals surface area contributed by atoms with Crippen LogP contribution in [0, 0.1) is 5.41 Å². The van der Waals surface area contributed by atoms with Crippen LogP contribution < -0.4 is 10.6 Å². The van der Waals surface area contributed by atoms with Crippen molar-refractivity contribution in [1.82, 2.24) is 10.2 Å². The second kappa shape index (κ2) is 6.50. The quantitative estimate of drug-likeness (QED) is 0.863. The number of amides is 1. The maximum atomic E-state index is 11.9. The number of benzene rings is 1. The zero-order valence-electron chi connectivity index (χ0n) is 12.4. The summed E-state index contributed by atoms with van der Waals surface area (Å²) >= 11 is 12.0. The van der Waals surface area contributed by atoms with Gasteiger partial charge in [-0.3, -0.25) is 4.79 Å². The Balaban J connectivity index is 2.09. The summed E-state index contributed by atoms with van der Waals surface area (Å²) in [5, 5.41) is 14.6. The fraction of sp³-hybridized carbons (Fsp3) is 0.267. The van der Waals surface area contributed by atoms with E-state index in [0.29, 0.717) is 27.4 Å². The molecule has 0 aliphatic heterocycles. The Morgan fingerprint density at radius 2 is 1.68 bits per heavy atom. The summed E-state index contributed by atoms with van der Waals surface area (Å²) in [6.07, 6.45) is 0. The lowest BCUT2D eigenvalue weighted by molar-refractivity contribution is -0.123. The van der Waals surface area contributed by atoms with Gasteiger partial charge >= 0.3 is 0 Å². The Morgan fingerprint density at radius 3 is 2.27 bits per heavy atom. The highest BCUT2D eigenvalue weighted by molar-refractivity contribution is 6.43. The van der Waals surface area contributed by atoms with Crippen molar-refractivity contribution in [2.24, 2.45) is 5.41 Å². The predicted molar refractivity (Wildman–Crippen MR) is 89.9 cm³/mol. The highest BCUT2D eigenvalue weighted by atomic mass is 35.5. The van der Waals surface area contributed by atoms with Gasteiger partial charge in [0, 0.05) is 5.41 Å². The number of carbonyl (C=O) groups excluding carboxylic acids is 1. The van der Waals surface area contributed by atoms with Crippen molar-refractivity contribution >= 4 is 46.4 Å². The molecule has 0 saturated heterocycles. The van der Waals surface area contributed by atoms with E-state index in [2.05, 4.69) is 20.8 Å². The molecule has 1 aromatic heterocycles. The van der Waals surface area contributed by atoms with Crippen LogP contribution in [0.5, 0.6) is 0 Å². The number of aromatic nitrogens is 2. The molecule has 5 nitrogen and oxygen atoms in total. The van der Waals surface area contributed by atoms with Crippen LogP contribution in [0.15, 0.2) is 30.3 Å². The number of nitrogens with zero attached hydrogens (tertiary/aromatic N) is 2. The van der Waals surface area contributed by atoms with Crippen LogP contribution in [0.3, 0.4) is 0 Å². The molecule has 1 heterocycles. The monoisotopic (exact) mass is 338 g/mol. The molecule has 0 bridgehead atoms. The summed E-state index contributed by atoms with van der Waals surface area (Å²) in [6, 6.07) is 8.62. The lowest BCUT2D eigenvalue weighted by atomic mass is 9.96. The number of nitrogens with one attached hydrogen (secondary N) is 2. The predicted octanol–water partition coefficient (Wildman–Crippen LogP) is 4.51. The van der Waals surface area contributed by atoms with Crippen molar-refractivity contribution in [3.05, 3.63) is 40.4 Å². The Kier molecular flexibility index (Phi) is 4.88. The van der Waals surface area contributed by atoms with Crippen molar-refractivity contribution in [3.63, 3.8) is 0 Å². The molecule has 0 aliphatic rings. The molecule has 1 aromatic carbocycles. The molecule has 0 aliphatic carbocycles. The number of hydrogen-bond donors (Lipinski definition) is 2. The zero-order chi connectivity index (χ0) is 16.3. The number of anilines is 3. The van der Waals surface area contributed by atoms with Gasteiger partial charge in [0.25, 0.3) is 0 Å². The molecule has 1 amide bonds. The fourth-order valence-electron chi connectivity index (χ4n) is 1.51.